The van der Waals surface area contributed by atoms with Gasteiger partial charge in [-0.2, -0.15) is 0 Å². The van der Waals surface area contributed by atoms with E-state index < -0.39 is 0 Å². The molecule has 0 bridgehead atoms. The van der Waals surface area contributed by atoms with Crippen molar-refractivity contribution >= 4 is 17.7 Å². The first-order valence-corrected chi connectivity index (χ1v) is 6.38. The number of nitrogens with one attached hydrogen (secondary N) is 1. The van der Waals surface area contributed by atoms with Crippen molar-refractivity contribution in [3.05, 3.63) is 48.5 Å². The zero-order valence-corrected chi connectivity index (χ0v) is 10.4. The number of rotatable bonds is 5. The van der Waals surface area contributed by atoms with Crippen molar-refractivity contribution in [1.29, 1.82) is 0 Å². The number of carbonyl (C=O) groups excluding carboxylic acids is 1. The Kier molecular flexibility index (Phi) is 4.66. The molecule has 0 unspecified atom stereocenters. The summed E-state index contributed by atoms with van der Waals surface area (Å²) in [5.41, 5.74) is 1.03. The predicted octanol–water partition coefficient (Wildman–Crippen LogP) is 1.28. The first kappa shape index (κ1) is 12.5. The third-order valence-electron chi connectivity index (χ3n) is 2.11. The summed E-state index contributed by atoms with van der Waals surface area (Å²) in [5.74, 6) is 0.277. The third kappa shape index (κ3) is 4.14. The lowest BCUT2D eigenvalue weighted by molar-refractivity contribution is -0.118. The second-order valence-corrected chi connectivity index (χ2v) is 4.39. The van der Waals surface area contributed by atoms with Gasteiger partial charge in [0.25, 0.3) is 0 Å². The highest BCUT2D eigenvalue weighted by Gasteiger charge is 2.03. The minimum absolute atomic E-state index is 0.0377. The lowest BCUT2D eigenvalue weighted by Gasteiger charge is -2.04. The monoisotopic (exact) mass is 260 g/mol. The Morgan fingerprint density at radius 1 is 1.17 bits per heavy atom. The van der Waals surface area contributed by atoms with Crippen LogP contribution in [0.15, 0.2) is 48.1 Å². The quantitative estimate of drug-likeness (QED) is 0.648. The van der Waals surface area contributed by atoms with E-state index >= 15 is 0 Å². The molecular formula is C12H12N4OS. The maximum absolute atomic E-state index is 11.6. The van der Waals surface area contributed by atoms with E-state index in [0.29, 0.717) is 17.5 Å². The number of hydrogen-bond acceptors (Lipinski definition) is 5. The van der Waals surface area contributed by atoms with Gasteiger partial charge < -0.3 is 5.32 Å². The van der Waals surface area contributed by atoms with Crippen molar-refractivity contribution in [2.45, 2.75) is 11.7 Å². The Morgan fingerprint density at radius 2 is 1.89 bits per heavy atom. The fourth-order valence-electron chi connectivity index (χ4n) is 1.24. The van der Waals surface area contributed by atoms with Gasteiger partial charge >= 0.3 is 0 Å². The number of nitrogens with zero attached hydrogens (tertiary/aromatic N) is 3. The Bertz CT molecular complexity index is 446. The molecule has 0 aliphatic rings. The van der Waals surface area contributed by atoms with Gasteiger partial charge in [0, 0.05) is 31.3 Å². The van der Waals surface area contributed by atoms with Gasteiger partial charge in [-0.25, -0.2) is 9.97 Å². The predicted molar refractivity (Wildman–Crippen MR) is 68.8 cm³/mol. The smallest absolute Gasteiger partial charge is 0.230 e. The summed E-state index contributed by atoms with van der Waals surface area (Å²) in [6.45, 7) is 0.511. The molecule has 0 aliphatic carbocycles. The number of aromatic nitrogens is 3. The molecule has 92 valence electrons. The zero-order chi connectivity index (χ0) is 12.6. The molecule has 0 atom stereocenters. The van der Waals surface area contributed by atoms with Crippen molar-refractivity contribution in [2.75, 3.05) is 5.75 Å². The number of carbonyl (C=O) groups is 1. The lowest BCUT2D eigenvalue weighted by atomic mass is 10.3. The SMILES string of the molecule is O=C(CSc1ncccn1)NCc1ccncc1. The zero-order valence-electron chi connectivity index (χ0n) is 9.61. The highest BCUT2D eigenvalue weighted by molar-refractivity contribution is 7.99. The fourth-order valence-corrected chi connectivity index (χ4v) is 1.88. The van der Waals surface area contributed by atoms with Crippen LogP contribution in [0, 0.1) is 0 Å². The fraction of sp³-hybridized carbons (Fsp3) is 0.167. The molecule has 0 saturated carbocycles. The standard InChI is InChI=1S/C12H12N4OS/c17-11(9-18-12-14-4-1-5-15-12)16-8-10-2-6-13-7-3-10/h1-7H,8-9H2,(H,16,17). The Labute approximate surface area is 109 Å². The first-order chi connectivity index (χ1) is 8.84. The van der Waals surface area contributed by atoms with Crippen molar-refractivity contribution in [1.82, 2.24) is 20.3 Å². The Morgan fingerprint density at radius 3 is 2.61 bits per heavy atom. The third-order valence-corrected chi connectivity index (χ3v) is 2.99. The van der Waals surface area contributed by atoms with Crippen LogP contribution < -0.4 is 5.32 Å². The van der Waals surface area contributed by atoms with Gasteiger partial charge in [-0.1, -0.05) is 11.8 Å². The largest absolute Gasteiger partial charge is 0.351 e. The van der Waals surface area contributed by atoms with Gasteiger partial charge in [-0.05, 0) is 23.8 Å². The number of thioether (sulfide) groups is 1. The molecule has 0 aliphatic heterocycles. The number of hydrogen-bond donors (Lipinski definition) is 1. The molecule has 6 heteroatoms. The van der Waals surface area contributed by atoms with E-state index in [1.165, 1.54) is 11.8 Å². The van der Waals surface area contributed by atoms with Crippen LogP contribution in [0.4, 0.5) is 0 Å². The molecule has 0 fully saturated rings. The van der Waals surface area contributed by atoms with Gasteiger partial charge in [0.2, 0.25) is 5.91 Å². The van der Waals surface area contributed by atoms with Crippen LogP contribution in [0.5, 0.6) is 0 Å². The second-order valence-electron chi connectivity index (χ2n) is 3.45. The van der Waals surface area contributed by atoms with Crippen molar-refractivity contribution in [3.63, 3.8) is 0 Å². The molecule has 18 heavy (non-hydrogen) atoms. The molecule has 0 aromatic carbocycles. The highest BCUT2D eigenvalue weighted by Crippen LogP contribution is 2.09. The van der Waals surface area contributed by atoms with E-state index in [2.05, 4.69) is 20.3 Å². The van der Waals surface area contributed by atoms with E-state index in [-0.39, 0.29) is 5.91 Å². The normalized spacial score (nSPS) is 10.0. The first-order valence-electron chi connectivity index (χ1n) is 5.40. The Balaban J connectivity index is 1.73. The van der Waals surface area contributed by atoms with Crippen LogP contribution in [0.2, 0.25) is 0 Å². The molecule has 2 heterocycles. The van der Waals surface area contributed by atoms with Crippen LogP contribution in [-0.2, 0) is 11.3 Å². The summed E-state index contributed by atoms with van der Waals surface area (Å²) in [6.07, 6.45) is 6.72. The molecule has 5 nitrogen and oxygen atoms in total. The van der Waals surface area contributed by atoms with Crippen LogP contribution in [0.25, 0.3) is 0 Å². The molecule has 0 spiro atoms. The van der Waals surface area contributed by atoms with E-state index in [4.69, 9.17) is 0 Å². The molecule has 2 aromatic heterocycles. The summed E-state index contributed by atoms with van der Waals surface area (Å²) in [5, 5.41) is 3.43. The van der Waals surface area contributed by atoms with Crippen molar-refractivity contribution in [3.8, 4) is 0 Å². The lowest BCUT2D eigenvalue weighted by Crippen LogP contribution is -2.24. The van der Waals surface area contributed by atoms with E-state index in [1.807, 2.05) is 12.1 Å². The maximum atomic E-state index is 11.6. The van der Waals surface area contributed by atoms with E-state index in [1.54, 1.807) is 30.9 Å². The molecular weight excluding hydrogens is 248 g/mol. The van der Waals surface area contributed by atoms with Gasteiger partial charge in [0.15, 0.2) is 5.16 Å². The minimum Gasteiger partial charge on any atom is -0.351 e. The average molecular weight is 260 g/mol. The topological polar surface area (TPSA) is 67.8 Å². The van der Waals surface area contributed by atoms with Crippen LogP contribution in [0.3, 0.4) is 0 Å². The summed E-state index contributed by atoms with van der Waals surface area (Å²) >= 11 is 1.32. The number of amides is 1. The molecule has 1 amide bonds. The second kappa shape index (κ2) is 6.70. The molecule has 2 aromatic rings. The summed E-state index contributed by atoms with van der Waals surface area (Å²) in [7, 11) is 0. The van der Waals surface area contributed by atoms with Crippen molar-refractivity contribution < 1.29 is 4.79 Å². The Hall–Kier alpha value is -1.95. The molecule has 0 radical (unpaired) electrons. The number of pyridine rings is 1. The highest BCUT2D eigenvalue weighted by atomic mass is 32.2. The van der Waals surface area contributed by atoms with Gasteiger partial charge in [-0.15, -0.1) is 0 Å². The summed E-state index contributed by atoms with van der Waals surface area (Å²) in [4.78, 5) is 23.6. The van der Waals surface area contributed by atoms with Crippen LogP contribution >= 0.6 is 11.8 Å². The summed E-state index contributed by atoms with van der Waals surface area (Å²) in [6, 6.07) is 5.48. The van der Waals surface area contributed by atoms with E-state index in [9.17, 15) is 4.79 Å². The van der Waals surface area contributed by atoms with Crippen LogP contribution in [0.1, 0.15) is 5.56 Å². The molecule has 2 rings (SSSR count). The van der Waals surface area contributed by atoms with Gasteiger partial charge in [0.1, 0.15) is 0 Å². The van der Waals surface area contributed by atoms with Crippen LogP contribution in [-0.4, -0.2) is 26.6 Å². The maximum Gasteiger partial charge on any atom is 0.230 e. The molecule has 1 N–H and O–H groups in total. The molecule has 0 saturated heterocycles. The van der Waals surface area contributed by atoms with Gasteiger partial charge in [-0.3, -0.25) is 9.78 Å². The minimum atomic E-state index is -0.0377. The average Bonchev–Trinajstić information content (AvgIpc) is 2.45. The summed E-state index contributed by atoms with van der Waals surface area (Å²) < 4.78 is 0. The van der Waals surface area contributed by atoms with Gasteiger partial charge in [0.05, 0.1) is 5.75 Å². The van der Waals surface area contributed by atoms with E-state index in [0.717, 1.165) is 5.56 Å². The van der Waals surface area contributed by atoms with Crippen molar-refractivity contribution in [2.24, 2.45) is 0 Å².